The lowest BCUT2D eigenvalue weighted by atomic mass is 9.68. The molecule has 0 saturated carbocycles. The van der Waals surface area contributed by atoms with Gasteiger partial charge in [-0.05, 0) is 31.2 Å². The van der Waals surface area contributed by atoms with Crippen molar-refractivity contribution in [2.75, 3.05) is 0 Å². The van der Waals surface area contributed by atoms with E-state index in [1.165, 1.54) is 0 Å². The third-order valence-electron chi connectivity index (χ3n) is 5.25. The summed E-state index contributed by atoms with van der Waals surface area (Å²) in [6, 6.07) is 9.08. The first-order valence-corrected chi connectivity index (χ1v) is 8.39. The van der Waals surface area contributed by atoms with Gasteiger partial charge in [-0.3, -0.25) is 9.69 Å². The molecule has 0 aliphatic carbocycles. The Balaban J connectivity index is 1.76. The van der Waals surface area contributed by atoms with E-state index in [0.29, 0.717) is 12.8 Å². The van der Waals surface area contributed by atoms with Crippen LogP contribution in [0.25, 0.3) is 0 Å². The Kier molecular flexibility index (Phi) is 4.56. The smallest absolute Gasteiger partial charge is 0.411 e. The number of Topliss-reactive ketones (excluding diaryl/α,β-unsaturated/α-hetero) is 1. The van der Waals surface area contributed by atoms with Crippen molar-refractivity contribution in [1.82, 2.24) is 4.90 Å². The van der Waals surface area contributed by atoms with Crippen LogP contribution in [0.4, 0.5) is 4.79 Å². The van der Waals surface area contributed by atoms with Gasteiger partial charge in [0, 0.05) is 6.04 Å². The van der Waals surface area contributed by atoms with Gasteiger partial charge in [-0.25, -0.2) is 4.79 Å². The minimum Gasteiger partial charge on any atom is -0.445 e. The number of ether oxygens (including phenoxy) is 1. The van der Waals surface area contributed by atoms with Crippen molar-refractivity contribution < 1.29 is 14.3 Å². The Morgan fingerprint density at radius 3 is 2.50 bits per heavy atom. The van der Waals surface area contributed by atoms with Crippen molar-refractivity contribution in [1.29, 1.82) is 0 Å². The molecule has 0 radical (unpaired) electrons. The summed E-state index contributed by atoms with van der Waals surface area (Å²) in [5.74, 6) is 0.134. The second kappa shape index (κ2) is 6.63. The first kappa shape index (κ1) is 16.5. The first-order chi connectivity index (χ1) is 11.6. The number of ketones is 1. The van der Waals surface area contributed by atoms with E-state index in [1.54, 1.807) is 17.1 Å². The van der Waals surface area contributed by atoms with Crippen molar-refractivity contribution >= 4 is 11.9 Å². The van der Waals surface area contributed by atoms with Crippen LogP contribution in [0.5, 0.6) is 0 Å². The first-order valence-electron chi connectivity index (χ1n) is 8.39. The highest BCUT2D eigenvalue weighted by Gasteiger charge is 2.63. The van der Waals surface area contributed by atoms with E-state index >= 15 is 0 Å². The van der Waals surface area contributed by atoms with Gasteiger partial charge < -0.3 is 4.74 Å². The zero-order valence-corrected chi connectivity index (χ0v) is 13.8. The molecule has 3 rings (SSSR count). The second-order valence-corrected chi connectivity index (χ2v) is 6.56. The maximum Gasteiger partial charge on any atom is 0.411 e. The van der Waals surface area contributed by atoms with Crippen molar-refractivity contribution in [3.63, 3.8) is 0 Å². The SMILES string of the molecule is C=CCC1(CC=C)C(=O)C2CCC1N2C(=O)OCc1ccccc1. The standard InChI is InChI=1S/C20H23NO3/c1-3-12-20(13-4-2)17-11-10-16(18(20)22)21(17)19(23)24-14-15-8-6-5-7-9-15/h3-9,16-17H,1-2,10-14H2. The molecule has 1 amide bonds. The van der Waals surface area contributed by atoms with Crippen LogP contribution in [0.3, 0.4) is 0 Å². The molecular weight excluding hydrogens is 302 g/mol. The lowest BCUT2D eigenvalue weighted by molar-refractivity contribution is -0.128. The zero-order valence-electron chi connectivity index (χ0n) is 13.8. The van der Waals surface area contributed by atoms with E-state index < -0.39 is 11.5 Å². The highest BCUT2D eigenvalue weighted by Crippen LogP contribution is 2.51. The molecule has 1 aromatic rings. The topological polar surface area (TPSA) is 46.6 Å². The molecule has 2 bridgehead atoms. The molecule has 2 aliphatic rings. The number of carbonyl (C=O) groups excluding carboxylic acids is 2. The van der Waals surface area contributed by atoms with Gasteiger partial charge in [-0.2, -0.15) is 0 Å². The summed E-state index contributed by atoms with van der Waals surface area (Å²) < 4.78 is 5.47. The van der Waals surface area contributed by atoms with Gasteiger partial charge in [0.2, 0.25) is 0 Å². The van der Waals surface area contributed by atoms with Crippen LogP contribution in [0.15, 0.2) is 55.6 Å². The number of fused-ring (bicyclic) bond motifs is 2. The van der Waals surface area contributed by atoms with Gasteiger partial charge in [-0.1, -0.05) is 42.5 Å². The molecule has 2 saturated heterocycles. The van der Waals surface area contributed by atoms with Crippen LogP contribution in [-0.4, -0.2) is 28.9 Å². The number of rotatable bonds is 6. The average molecular weight is 325 g/mol. The number of amides is 1. The molecular formula is C20H23NO3. The van der Waals surface area contributed by atoms with Gasteiger partial charge in [0.1, 0.15) is 6.61 Å². The summed E-state index contributed by atoms with van der Waals surface area (Å²) in [4.78, 5) is 27.2. The molecule has 2 fully saturated rings. The van der Waals surface area contributed by atoms with E-state index in [0.717, 1.165) is 18.4 Å². The number of allylic oxidation sites excluding steroid dienone is 2. The van der Waals surface area contributed by atoms with Crippen LogP contribution >= 0.6 is 0 Å². The molecule has 0 spiro atoms. The molecule has 2 atom stereocenters. The fraction of sp³-hybridized carbons (Fsp3) is 0.400. The highest BCUT2D eigenvalue weighted by molar-refractivity contribution is 5.97. The molecule has 2 aliphatic heterocycles. The van der Waals surface area contributed by atoms with E-state index in [1.807, 2.05) is 30.3 Å². The highest BCUT2D eigenvalue weighted by atomic mass is 16.6. The summed E-state index contributed by atoms with van der Waals surface area (Å²) in [5.41, 5.74) is 0.366. The molecule has 126 valence electrons. The molecule has 4 nitrogen and oxygen atoms in total. The maximum absolute atomic E-state index is 12.9. The van der Waals surface area contributed by atoms with Gasteiger partial charge in [0.15, 0.2) is 5.78 Å². The van der Waals surface area contributed by atoms with Crippen molar-refractivity contribution in [3.8, 4) is 0 Å². The van der Waals surface area contributed by atoms with Crippen molar-refractivity contribution in [2.24, 2.45) is 5.41 Å². The van der Waals surface area contributed by atoms with E-state index in [2.05, 4.69) is 13.2 Å². The van der Waals surface area contributed by atoms with Crippen LogP contribution in [0, 0.1) is 5.41 Å². The lowest BCUT2D eigenvalue weighted by Gasteiger charge is -2.34. The average Bonchev–Trinajstić information content (AvgIpc) is 3.12. The van der Waals surface area contributed by atoms with Crippen LogP contribution in [-0.2, 0) is 16.1 Å². The lowest BCUT2D eigenvalue weighted by Crippen LogP contribution is -2.42. The number of benzene rings is 1. The Hall–Kier alpha value is -2.36. The molecule has 0 aromatic heterocycles. The third-order valence-corrected chi connectivity index (χ3v) is 5.25. The molecule has 2 heterocycles. The summed E-state index contributed by atoms with van der Waals surface area (Å²) >= 11 is 0. The number of hydrogen-bond donors (Lipinski definition) is 0. The maximum atomic E-state index is 12.9. The summed E-state index contributed by atoms with van der Waals surface area (Å²) in [6.45, 7) is 7.81. The molecule has 24 heavy (non-hydrogen) atoms. The third kappa shape index (κ3) is 2.56. The monoisotopic (exact) mass is 325 g/mol. The Bertz CT molecular complexity index is 642. The minimum absolute atomic E-state index is 0.116. The van der Waals surface area contributed by atoms with Gasteiger partial charge in [0.05, 0.1) is 11.5 Å². The Morgan fingerprint density at radius 1 is 1.21 bits per heavy atom. The Labute approximate surface area is 142 Å². The van der Waals surface area contributed by atoms with Crippen LogP contribution < -0.4 is 0 Å². The predicted molar refractivity (Wildman–Crippen MR) is 92.3 cm³/mol. The van der Waals surface area contributed by atoms with Crippen LogP contribution in [0.2, 0.25) is 0 Å². The fourth-order valence-electron chi connectivity index (χ4n) is 4.23. The predicted octanol–water partition coefficient (Wildman–Crippen LogP) is 3.88. The van der Waals surface area contributed by atoms with Crippen molar-refractivity contribution in [2.45, 2.75) is 44.4 Å². The quantitative estimate of drug-likeness (QED) is 0.746. The summed E-state index contributed by atoms with van der Waals surface area (Å²) in [5, 5.41) is 0. The summed E-state index contributed by atoms with van der Waals surface area (Å²) in [7, 11) is 0. The largest absolute Gasteiger partial charge is 0.445 e. The van der Waals surface area contributed by atoms with E-state index in [-0.39, 0.29) is 24.5 Å². The summed E-state index contributed by atoms with van der Waals surface area (Å²) in [6.07, 6.45) is 5.85. The molecule has 1 aromatic carbocycles. The molecule has 2 unspecified atom stereocenters. The fourth-order valence-corrected chi connectivity index (χ4v) is 4.23. The Morgan fingerprint density at radius 2 is 1.88 bits per heavy atom. The normalized spacial score (nSPS) is 24.0. The zero-order chi connectivity index (χ0) is 17.2. The van der Waals surface area contributed by atoms with Gasteiger partial charge in [0.25, 0.3) is 0 Å². The van der Waals surface area contributed by atoms with Crippen LogP contribution in [0.1, 0.15) is 31.2 Å². The second-order valence-electron chi connectivity index (χ2n) is 6.56. The van der Waals surface area contributed by atoms with E-state index in [9.17, 15) is 9.59 Å². The van der Waals surface area contributed by atoms with Gasteiger partial charge in [-0.15, -0.1) is 13.2 Å². The van der Waals surface area contributed by atoms with Crippen molar-refractivity contribution in [3.05, 3.63) is 61.2 Å². The minimum atomic E-state index is -0.571. The molecule has 4 heteroatoms. The van der Waals surface area contributed by atoms with E-state index in [4.69, 9.17) is 4.74 Å². The number of hydrogen-bond acceptors (Lipinski definition) is 3. The number of nitrogens with zero attached hydrogens (tertiary/aromatic N) is 1. The molecule has 0 N–H and O–H groups in total. The number of carbonyl (C=O) groups is 2. The van der Waals surface area contributed by atoms with Gasteiger partial charge >= 0.3 is 6.09 Å².